The van der Waals surface area contributed by atoms with Crippen LogP contribution < -0.4 is 10.1 Å². The van der Waals surface area contributed by atoms with E-state index in [0.29, 0.717) is 36.4 Å². The van der Waals surface area contributed by atoms with Crippen molar-refractivity contribution in [3.05, 3.63) is 65.0 Å². The topological polar surface area (TPSA) is 80.5 Å². The lowest BCUT2D eigenvalue weighted by atomic mass is 9.96. The Morgan fingerprint density at radius 2 is 1.94 bits per heavy atom. The lowest BCUT2D eigenvalue weighted by Crippen LogP contribution is -2.40. The molecule has 1 aliphatic heterocycles. The quantitative estimate of drug-likeness (QED) is 0.546. The standard InChI is InChI=1S/C24H27ClN4O3/c1-2-31-21-6-4-3-5-19(21)15-26-24(30)18-11-13-29(14-12-18)16-22-27-23(28-32-22)17-7-9-20(25)10-8-17/h3-10,18H,2,11-16H2,1H3,(H,26,30). The summed E-state index contributed by atoms with van der Waals surface area (Å²) in [5, 5.41) is 7.81. The molecule has 0 radical (unpaired) electrons. The molecule has 1 saturated heterocycles. The van der Waals surface area contributed by atoms with Crippen LogP contribution in [0.2, 0.25) is 5.02 Å². The minimum absolute atomic E-state index is 0.0119. The molecule has 0 unspecified atom stereocenters. The highest BCUT2D eigenvalue weighted by molar-refractivity contribution is 6.30. The van der Waals surface area contributed by atoms with Crippen LogP contribution in [0.5, 0.6) is 5.75 Å². The second kappa shape index (κ2) is 10.6. The lowest BCUT2D eigenvalue weighted by molar-refractivity contribution is -0.126. The van der Waals surface area contributed by atoms with Crippen LogP contribution in [0.25, 0.3) is 11.4 Å². The van der Waals surface area contributed by atoms with E-state index in [-0.39, 0.29) is 11.8 Å². The lowest BCUT2D eigenvalue weighted by Gasteiger charge is -2.30. The molecule has 0 saturated carbocycles. The van der Waals surface area contributed by atoms with Gasteiger partial charge in [-0.05, 0) is 63.2 Å². The molecule has 2 aromatic carbocycles. The minimum Gasteiger partial charge on any atom is -0.494 e. The highest BCUT2D eigenvalue weighted by Crippen LogP contribution is 2.22. The van der Waals surface area contributed by atoms with Crippen molar-refractivity contribution in [3.8, 4) is 17.1 Å². The molecule has 1 aromatic heterocycles. The van der Waals surface area contributed by atoms with Crippen LogP contribution in [0.4, 0.5) is 0 Å². The zero-order valence-electron chi connectivity index (χ0n) is 18.1. The Morgan fingerprint density at radius 3 is 2.69 bits per heavy atom. The van der Waals surface area contributed by atoms with E-state index in [1.165, 1.54) is 0 Å². The summed E-state index contributed by atoms with van der Waals surface area (Å²) >= 11 is 5.93. The maximum absolute atomic E-state index is 12.7. The Kier molecular flexibility index (Phi) is 7.39. The number of hydrogen-bond donors (Lipinski definition) is 1. The predicted octanol–water partition coefficient (Wildman–Crippen LogP) is 4.32. The van der Waals surface area contributed by atoms with Crippen LogP contribution in [-0.4, -0.2) is 40.6 Å². The Morgan fingerprint density at radius 1 is 1.19 bits per heavy atom. The summed E-state index contributed by atoms with van der Waals surface area (Å²) in [5.74, 6) is 2.06. The normalized spacial score (nSPS) is 14.9. The van der Waals surface area contributed by atoms with Gasteiger partial charge in [-0.25, -0.2) is 0 Å². The Balaban J connectivity index is 1.25. The van der Waals surface area contributed by atoms with E-state index in [1.807, 2.05) is 43.3 Å². The van der Waals surface area contributed by atoms with Crippen molar-refractivity contribution in [1.82, 2.24) is 20.4 Å². The summed E-state index contributed by atoms with van der Waals surface area (Å²) in [6.45, 7) is 5.24. The summed E-state index contributed by atoms with van der Waals surface area (Å²) in [7, 11) is 0. The monoisotopic (exact) mass is 454 g/mol. The fourth-order valence-corrected chi connectivity index (χ4v) is 3.98. The number of likely N-dealkylation sites (tertiary alicyclic amines) is 1. The molecule has 2 heterocycles. The van der Waals surface area contributed by atoms with Gasteiger partial charge in [-0.1, -0.05) is 35.0 Å². The molecular formula is C24H27ClN4O3. The predicted molar refractivity (Wildman–Crippen MR) is 122 cm³/mol. The Hall–Kier alpha value is -2.90. The van der Waals surface area contributed by atoms with Gasteiger partial charge >= 0.3 is 0 Å². The summed E-state index contributed by atoms with van der Waals surface area (Å²) in [4.78, 5) is 19.4. The summed E-state index contributed by atoms with van der Waals surface area (Å²) in [6.07, 6.45) is 1.61. The van der Waals surface area contributed by atoms with Gasteiger partial charge in [0.15, 0.2) is 0 Å². The second-order valence-electron chi connectivity index (χ2n) is 7.83. The smallest absolute Gasteiger partial charge is 0.241 e. The van der Waals surface area contributed by atoms with Crippen molar-refractivity contribution in [1.29, 1.82) is 0 Å². The third-order valence-electron chi connectivity index (χ3n) is 5.61. The van der Waals surface area contributed by atoms with Crippen LogP contribution in [0.1, 0.15) is 31.2 Å². The molecule has 168 valence electrons. The zero-order chi connectivity index (χ0) is 22.3. The average Bonchev–Trinajstić information content (AvgIpc) is 3.28. The number of benzene rings is 2. The fraction of sp³-hybridized carbons (Fsp3) is 0.375. The molecule has 0 spiro atoms. The van der Waals surface area contributed by atoms with Gasteiger partial charge in [0.25, 0.3) is 0 Å². The minimum atomic E-state index is 0.0119. The van der Waals surface area contributed by atoms with Crippen LogP contribution in [0, 0.1) is 5.92 Å². The van der Waals surface area contributed by atoms with Gasteiger partial charge in [-0.2, -0.15) is 4.98 Å². The molecule has 32 heavy (non-hydrogen) atoms. The van der Waals surface area contributed by atoms with E-state index in [4.69, 9.17) is 20.9 Å². The maximum atomic E-state index is 12.7. The van der Waals surface area contributed by atoms with Crippen LogP contribution >= 0.6 is 11.6 Å². The number of rotatable bonds is 8. The molecule has 7 nitrogen and oxygen atoms in total. The number of nitrogens with zero attached hydrogens (tertiary/aromatic N) is 3. The van der Waals surface area contributed by atoms with E-state index in [1.54, 1.807) is 12.1 Å². The molecule has 0 bridgehead atoms. The number of amides is 1. The first-order valence-electron chi connectivity index (χ1n) is 10.9. The Bertz CT molecular complexity index is 1030. The first-order valence-corrected chi connectivity index (χ1v) is 11.3. The third-order valence-corrected chi connectivity index (χ3v) is 5.87. The molecule has 1 amide bonds. The Labute approximate surface area is 192 Å². The SMILES string of the molecule is CCOc1ccccc1CNC(=O)C1CCN(Cc2nc(-c3ccc(Cl)cc3)no2)CC1. The first-order chi connectivity index (χ1) is 15.6. The molecule has 4 rings (SSSR count). The summed E-state index contributed by atoms with van der Waals surface area (Å²) in [5.41, 5.74) is 1.86. The van der Waals surface area contributed by atoms with Gasteiger partial charge < -0.3 is 14.6 Å². The number of carbonyl (C=O) groups excluding carboxylic acids is 1. The molecule has 0 aliphatic carbocycles. The third kappa shape index (κ3) is 5.66. The molecule has 1 N–H and O–H groups in total. The number of halogens is 1. The molecule has 1 fully saturated rings. The van der Waals surface area contributed by atoms with Crippen molar-refractivity contribution >= 4 is 17.5 Å². The second-order valence-corrected chi connectivity index (χ2v) is 8.26. The number of piperidine rings is 1. The molecule has 0 atom stereocenters. The number of aromatic nitrogens is 2. The van der Waals surface area contributed by atoms with Gasteiger partial charge in [-0.15, -0.1) is 0 Å². The van der Waals surface area contributed by atoms with Gasteiger partial charge in [0, 0.05) is 28.6 Å². The van der Waals surface area contributed by atoms with E-state index < -0.39 is 0 Å². The first kappa shape index (κ1) is 22.3. The van der Waals surface area contributed by atoms with E-state index in [0.717, 1.165) is 42.8 Å². The van der Waals surface area contributed by atoms with Crippen molar-refractivity contribution in [2.24, 2.45) is 5.92 Å². The van der Waals surface area contributed by atoms with Gasteiger partial charge in [-0.3, -0.25) is 9.69 Å². The van der Waals surface area contributed by atoms with E-state index in [2.05, 4.69) is 20.4 Å². The summed E-state index contributed by atoms with van der Waals surface area (Å²) in [6, 6.07) is 15.2. The highest BCUT2D eigenvalue weighted by atomic mass is 35.5. The van der Waals surface area contributed by atoms with E-state index >= 15 is 0 Å². The molecule has 1 aliphatic rings. The van der Waals surface area contributed by atoms with Crippen molar-refractivity contribution in [3.63, 3.8) is 0 Å². The van der Waals surface area contributed by atoms with E-state index in [9.17, 15) is 4.79 Å². The summed E-state index contributed by atoms with van der Waals surface area (Å²) < 4.78 is 11.1. The molecule has 8 heteroatoms. The number of ether oxygens (including phenoxy) is 1. The van der Waals surface area contributed by atoms with Crippen molar-refractivity contribution < 1.29 is 14.1 Å². The number of nitrogens with one attached hydrogen (secondary N) is 1. The van der Waals surface area contributed by atoms with Gasteiger partial charge in [0.2, 0.25) is 17.6 Å². The van der Waals surface area contributed by atoms with Crippen LogP contribution in [0.15, 0.2) is 53.1 Å². The largest absolute Gasteiger partial charge is 0.494 e. The average molecular weight is 455 g/mol. The number of para-hydroxylation sites is 1. The highest BCUT2D eigenvalue weighted by Gasteiger charge is 2.26. The van der Waals surface area contributed by atoms with Gasteiger partial charge in [0.1, 0.15) is 5.75 Å². The van der Waals surface area contributed by atoms with Crippen molar-refractivity contribution in [2.45, 2.75) is 32.9 Å². The number of hydrogen-bond acceptors (Lipinski definition) is 6. The van der Waals surface area contributed by atoms with Crippen LogP contribution in [0.3, 0.4) is 0 Å². The van der Waals surface area contributed by atoms with Gasteiger partial charge in [0.05, 0.1) is 13.2 Å². The number of carbonyl (C=O) groups is 1. The molecular weight excluding hydrogens is 428 g/mol. The molecule has 3 aromatic rings. The van der Waals surface area contributed by atoms with Crippen molar-refractivity contribution in [2.75, 3.05) is 19.7 Å². The zero-order valence-corrected chi connectivity index (χ0v) is 18.8. The fourth-order valence-electron chi connectivity index (χ4n) is 3.85. The maximum Gasteiger partial charge on any atom is 0.241 e. The van der Waals surface area contributed by atoms with Crippen LogP contribution in [-0.2, 0) is 17.9 Å².